The molecule has 18 heavy (non-hydrogen) atoms. The second-order valence-electron chi connectivity index (χ2n) is 5.58. The summed E-state index contributed by atoms with van der Waals surface area (Å²) in [6, 6.07) is 2.11. The molecule has 1 aromatic rings. The maximum Gasteiger partial charge on any atom is 0.128 e. The first-order valence-electron chi connectivity index (χ1n) is 6.74. The first kappa shape index (κ1) is 13.1. The second-order valence-corrected chi connectivity index (χ2v) is 5.58. The maximum absolute atomic E-state index is 6.06. The summed E-state index contributed by atoms with van der Waals surface area (Å²) < 4.78 is 0. The zero-order valence-electron chi connectivity index (χ0n) is 11.7. The molecule has 0 bridgehead atoms. The lowest BCUT2D eigenvalue weighted by Gasteiger charge is -2.35. The van der Waals surface area contributed by atoms with Gasteiger partial charge in [-0.05, 0) is 25.5 Å². The van der Waals surface area contributed by atoms with Crippen molar-refractivity contribution in [2.24, 2.45) is 5.92 Å². The quantitative estimate of drug-likeness (QED) is 0.883. The third kappa shape index (κ3) is 2.93. The lowest BCUT2D eigenvalue weighted by molar-refractivity contribution is 0.312. The van der Waals surface area contributed by atoms with Gasteiger partial charge in [0.2, 0.25) is 0 Å². The zero-order valence-corrected chi connectivity index (χ0v) is 11.7. The van der Waals surface area contributed by atoms with E-state index in [2.05, 4.69) is 41.7 Å². The summed E-state index contributed by atoms with van der Waals surface area (Å²) in [7, 11) is 2.17. The average molecular weight is 248 g/mol. The van der Waals surface area contributed by atoms with E-state index in [4.69, 9.17) is 5.73 Å². The van der Waals surface area contributed by atoms with Gasteiger partial charge in [0.15, 0.2) is 0 Å². The molecule has 0 amide bonds. The number of likely N-dealkylation sites (N-methyl/N-ethyl adjacent to an activating group) is 1. The van der Waals surface area contributed by atoms with Gasteiger partial charge >= 0.3 is 0 Å². The van der Waals surface area contributed by atoms with Crippen LogP contribution in [0, 0.1) is 5.92 Å². The molecule has 1 aliphatic heterocycles. The number of nitrogen functional groups attached to an aromatic ring is 1. The Balaban J connectivity index is 2.23. The minimum atomic E-state index is 0.600. The standard InChI is InChI=1S/C14H24N4/c1-11(2)10-12-13(4-5-16-14(12)15)18-8-6-17(3)7-9-18/h4-5,11H,6-10H2,1-3H3,(H2,15,16). The van der Waals surface area contributed by atoms with Crippen molar-refractivity contribution in [1.29, 1.82) is 0 Å². The summed E-state index contributed by atoms with van der Waals surface area (Å²) in [6.45, 7) is 8.82. The average Bonchev–Trinajstić information content (AvgIpc) is 2.32. The van der Waals surface area contributed by atoms with Crippen molar-refractivity contribution in [3.63, 3.8) is 0 Å². The minimum Gasteiger partial charge on any atom is -0.383 e. The van der Waals surface area contributed by atoms with Crippen molar-refractivity contribution < 1.29 is 0 Å². The van der Waals surface area contributed by atoms with E-state index in [9.17, 15) is 0 Å². The van der Waals surface area contributed by atoms with Crippen LogP contribution in [0.2, 0.25) is 0 Å². The van der Waals surface area contributed by atoms with Crippen LogP contribution in [0.5, 0.6) is 0 Å². The fraction of sp³-hybridized carbons (Fsp3) is 0.643. The van der Waals surface area contributed by atoms with E-state index in [0.717, 1.165) is 32.6 Å². The summed E-state index contributed by atoms with van der Waals surface area (Å²) in [5.74, 6) is 1.29. The molecule has 0 spiro atoms. The molecule has 1 aliphatic rings. The van der Waals surface area contributed by atoms with E-state index in [0.29, 0.717) is 11.7 Å². The van der Waals surface area contributed by atoms with Crippen molar-refractivity contribution in [2.75, 3.05) is 43.9 Å². The largest absolute Gasteiger partial charge is 0.383 e. The Morgan fingerprint density at radius 2 is 1.94 bits per heavy atom. The lowest BCUT2D eigenvalue weighted by Crippen LogP contribution is -2.45. The van der Waals surface area contributed by atoms with Gasteiger partial charge in [0.05, 0.1) is 0 Å². The molecule has 1 aromatic heterocycles. The summed E-state index contributed by atoms with van der Waals surface area (Å²) >= 11 is 0. The monoisotopic (exact) mass is 248 g/mol. The normalized spacial score (nSPS) is 17.4. The lowest BCUT2D eigenvalue weighted by atomic mass is 10.0. The predicted molar refractivity (Wildman–Crippen MR) is 76.9 cm³/mol. The highest BCUT2D eigenvalue weighted by atomic mass is 15.2. The number of hydrogen-bond donors (Lipinski definition) is 1. The smallest absolute Gasteiger partial charge is 0.128 e. The van der Waals surface area contributed by atoms with Gasteiger partial charge in [0.25, 0.3) is 0 Å². The molecule has 4 heteroatoms. The van der Waals surface area contributed by atoms with Crippen LogP contribution in [0.1, 0.15) is 19.4 Å². The fourth-order valence-corrected chi connectivity index (χ4v) is 2.46. The predicted octanol–water partition coefficient (Wildman–Crippen LogP) is 1.61. The molecule has 0 atom stereocenters. The Bertz CT molecular complexity index is 395. The number of aromatic nitrogens is 1. The van der Waals surface area contributed by atoms with Crippen LogP contribution in [0.15, 0.2) is 12.3 Å². The number of hydrogen-bond acceptors (Lipinski definition) is 4. The summed E-state index contributed by atoms with van der Waals surface area (Å²) in [5.41, 5.74) is 8.56. The molecular formula is C14H24N4. The van der Waals surface area contributed by atoms with Crippen LogP contribution in [-0.4, -0.2) is 43.1 Å². The Morgan fingerprint density at radius 1 is 1.28 bits per heavy atom. The van der Waals surface area contributed by atoms with Gasteiger partial charge in [-0.1, -0.05) is 13.8 Å². The molecule has 0 saturated carbocycles. The van der Waals surface area contributed by atoms with Crippen LogP contribution in [-0.2, 0) is 6.42 Å². The Labute approximate surface area is 110 Å². The number of piperazine rings is 1. The van der Waals surface area contributed by atoms with Crippen LogP contribution in [0.4, 0.5) is 11.5 Å². The van der Waals surface area contributed by atoms with Crippen LogP contribution >= 0.6 is 0 Å². The van der Waals surface area contributed by atoms with Crippen molar-refractivity contribution in [1.82, 2.24) is 9.88 Å². The molecule has 1 fully saturated rings. The molecule has 100 valence electrons. The van der Waals surface area contributed by atoms with E-state index in [1.54, 1.807) is 0 Å². The van der Waals surface area contributed by atoms with Gasteiger partial charge in [-0.25, -0.2) is 4.98 Å². The number of anilines is 2. The van der Waals surface area contributed by atoms with Crippen LogP contribution < -0.4 is 10.6 Å². The number of pyridine rings is 1. The third-order valence-electron chi connectivity index (χ3n) is 3.52. The maximum atomic E-state index is 6.06. The third-order valence-corrected chi connectivity index (χ3v) is 3.52. The Kier molecular flexibility index (Phi) is 4.07. The molecule has 0 aromatic carbocycles. The summed E-state index contributed by atoms with van der Waals surface area (Å²) in [6.07, 6.45) is 2.83. The Hall–Kier alpha value is -1.29. The van der Waals surface area contributed by atoms with E-state index < -0.39 is 0 Å². The number of nitrogens with two attached hydrogens (primary N) is 1. The first-order valence-corrected chi connectivity index (χ1v) is 6.74. The van der Waals surface area contributed by atoms with Crippen molar-refractivity contribution in [2.45, 2.75) is 20.3 Å². The van der Waals surface area contributed by atoms with Crippen molar-refractivity contribution in [3.8, 4) is 0 Å². The van der Waals surface area contributed by atoms with E-state index >= 15 is 0 Å². The van der Waals surface area contributed by atoms with E-state index in [-0.39, 0.29) is 0 Å². The first-order chi connectivity index (χ1) is 8.58. The molecule has 4 nitrogen and oxygen atoms in total. The minimum absolute atomic E-state index is 0.600. The molecule has 2 heterocycles. The molecule has 0 radical (unpaired) electrons. The molecule has 1 saturated heterocycles. The SMILES string of the molecule is CC(C)Cc1c(N2CCN(C)CC2)ccnc1N. The van der Waals surface area contributed by atoms with Crippen LogP contribution in [0.3, 0.4) is 0 Å². The molecule has 0 aliphatic carbocycles. The van der Waals surface area contributed by atoms with Gasteiger partial charge in [-0.3, -0.25) is 0 Å². The Morgan fingerprint density at radius 3 is 2.56 bits per heavy atom. The molecular weight excluding hydrogens is 224 g/mol. The molecule has 0 unspecified atom stereocenters. The van der Waals surface area contributed by atoms with Gasteiger partial charge in [0.1, 0.15) is 5.82 Å². The number of rotatable bonds is 3. The zero-order chi connectivity index (χ0) is 13.1. The van der Waals surface area contributed by atoms with Crippen molar-refractivity contribution >= 4 is 11.5 Å². The topological polar surface area (TPSA) is 45.4 Å². The highest BCUT2D eigenvalue weighted by Gasteiger charge is 2.19. The van der Waals surface area contributed by atoms with Gasteiger partial charge in [-0.15, -0.1) is 0 Å². The summed E-state index contributed by atoms with van der Waals surface area (Å²) in [5, 5.41) is 0. The highest BCUT2D eigenvalue weighted by molar-refractivity contribution is 5.61. The second kappa shape index (κ2) is 5.57. The van der Waals surface area contributed by atoms with Crippen molar-refractivity contribution in [3.05, 3.63) is 17.8 Å². The van der Waals surface area contributed by atoms with Crippen LogP contribution in [0.25, 0.3) is 0 Å². The highest BCUT2D eigenvalue weighted by Crippen LogP contribution is 2.27. The van der Waals surface area contributed by atoms with E-state index in [1.165, 1.54) is 11.3 Å². The van der Waals surface area contributed by atoms with E-state index in [1.807, 2.05) is 6.20 Å². The van der Waals surface area contributed by atoms with Gasteiger partial charge in [0, 0.05) is 43.6 Å². The fourth-order valence-electron chi connectivity index (χ4n) is 2.46. The van der Waals surface area contributed by atoms with Gasteiger partial charge in [-0.2, -0.15) is 0 Å². The van der Waals surface area contributed by atoms with Gasteiger partial charge < -0.3 is 15.5 Å². The summed E-state index contributed by atoms with van der Waals surface area (Å²) in [4.78, 5) is 9.05. The number of nitrogens with zero attached hydrogens (tertiary/aromatic N) is 3. The molecule has 2 rings (SSSR count). The molecule has 2 N–H and O–H groups in total.